The second-order valence-electron chi connectivity index (χ2n) is 7.12. The standard InChI is InChI=1S/C25H21NO3S/c1-17-11-13-19(14-12-17)16-29-22-10-6-4-8-20(22)15-23-24(27)26(25(28)30-23)21-9-5-3-7-18(21)2/h3-15H,16H2,1-2H3/b23-15-. The summed E-state index contributed by atoms with van der Waals surface area (Å²) in [6.45, 7) is 4.36. The Kier molecular flexibility index (Phi) is 5.72. The van der Waals surface area contributed by atoms with Crippen molar-refractivity contribution >= 4 is 34.7 Å². The van der Waals surface area contributed by atoms with Crippen LogP contribution in [0.2, 0.25) is 0 Å². The maximum absolute atomic E-state index is 13.0. The van der Waals surface area contributed by atoms with E-state index in [0.717, 1.165) is 28.5 Å². The minimum Gasteiger partial charge on any atom is -0.488 e. The number of thioether (sulfide) groups is 1. The highest BCUT2D eigenvalue weighted by molar-refractivity contribution is 8.19. The molecule has 1 aliphatic rings. The molecule has 1 saturated heterocycles. The lowest BCUT2D eigenvalue weighted by Gasteiger charge is -2.14. The van der Waals surface area contributed by atoms with Crippen molar-refractivity contribution < 1.29 is 14.3 Å². The zero-order valence-corrected chi connectivity index (χ0v) is 17.6. The Morgan fingerprint density at radius 2 is 1.60 bits per heavy atom. The molecule has 0 aromatic heterocycles. The van der Waals surface area contributed by atoms with Crippen LogP contribution in [0, 0.1) is 13.8 Å². The van der Waals surface area contributed by atoms with Crippen LogP contribution >= 0.6 is 11.8 Å². The van der Waals surface area contributed by atoms with Gasteiger partial charge in [0, 0.05) is 5.56 Å². The monoisotopic (exact) mass is 415 g/mol. The summed E-state index contributed by atoms with van der Waals surface area (Å²) >= 11 is 0.948. The molecule has 0 unspecified atom stereocenters. The number of benzene rings is 3. The highest BCUT2D eigenvalue weighted by Crippen LogP contribution is 2.37. The van der Waals surface area contributed by atoms with Crippen molar-refractivity contribution in [1.29, 1.82) is 0 Å². The Hall–Kier alpha value is -3.31. The van der Waals surface area contributed by atoms with Gasteiger partial charge in [-0.05, 0) is 54.9 Å². The smallest absolute Gasteiger partial charge is 0.298 e. The van der Waals surface area contributed by atoms with Crippen LogP contribution in [0.1, 0.15) is 22.3 Å². The molecule has 4 nitrogen and oxygen atoms in total. The number of ether oxygens (including phenoxy) is 1. The lowest BCUT2D eigenvalue weighted by molar-refractivity contribution is -0.113. The second kappa shape index (κ2) is 8.59. The van der Waals surface area contributed by atoms with Crippen molar-refractivity contribution in [1.82, 2.24) is 0 Å². The molecule has 3 aromatic rings. The lowest BCUT2D eigenvalue weighted by atomic mass is 10.1. The zero-order chi connectivity index (χ0) is 21.1. The number of hydrogen-bond donors (Lipinski definition) is 0. The third-order valence-electron chi connectivity index (χ3n) is 4.87. The number of rotatable bonds is 5. The van der Waals surface area contributed by atoms with Gasteiger partial charge in [-0.1, -0.05) is 66.2 Å². The Morgan fingerprint density at radius 1 is 0.900 bits per heavy atom. The highest BCUT2D eigenvalue weighted by Gasteiger charge is 2.37. The summed E-state index contributed by atoms with van der Waals surface area (Å²) in [4.78, 5) is 27.1. The van der Waals surface area contributed by atoms with Crippen molar-refractivity contribution in [3.05, 3.63) is 100.0 Å². The predicted molar refractivity (Wildman–Crippen MR) is 122 cm³/mol. The molecule has 0 aliphatic carbocycles. The first-order valence-corrected chi connectivity index (χ1v) is 10.5. The van der Waals surface area contributed by atoms with Crippen LogP contribution in [0.5, 0.6) is 5.75 Å². The summed E-state index contributed by atoms with van der Waals surface area (Å²) in [6.07, 6.45) is 1.73. The molecule has 2 amide bonds. The van der Waals surface area contributed by atoms with Crippen LogP contribution in [0.4, 0.5) is 10.5 Å². The molecule has 30 heavy (non-hydrogen) atoms. The molecule has 3 aromatic carbocycles. The summed E-state index contributed by atoms with van der Waals surface area (Å²) in [5, 5.41) is -0.293. The van der Waals surface area contributed by atoms with E-state index in [1.165, 1.54) is 10.5 Å². The largest absolute Gasteiger partial charge is 0.488 e. The molecule has 0 atom stereocenters. The molecule has 5 heteroatoms. The average Bonchev–Trinajstić information content (AvgIpc) is 3.02. The molecule has 1 aliphatic heterocycles. The Morgan fingerprint density at radius 3 is 2.37 bits per heavy atom. The van der Waals surface area contributed by atoms with Gasteiger partial charge < -0.3 is 4.74 Å². The van der Waals surface area contributed by atoms with Crippen molar-refractivity contribution in [3.8, 4) is 5.75 Å². The van der Waals surface area contributed by atoms with Gasteiger partial charge in [0.1, 0.15) is 12.4 Å². The Balaban J connectivity index is 1.58. The van der Waals surface area contributed by atoms with E-state index in [4.69, 9.17) is 4.74 Å². The first kappa shape index (κ1) is 20.0. The number of carbonyl (C=O) groups is 2. The van der Waals surface area contributed by atoms with Gasteiger partial charge in [-0.3, -0.25) is 9.59 Å². The number of amides is 2. The summed E-state index contributed by atoms with van der Waals surface area (Å²) in [6, 6.07) is 23.1. The van der Waals surface area contributed by atoms with Gasteiger partial charge in [0.2, 0.25) is 0 Å². The topological polar surface area (TPSA) is 46.6 Å². The van der Waals surface area contributed by atoms with Crippen LogP contribution in [-0.2, 0) is 11.4 Å². The summed E-state index contributed by atoms with van der Waals surface area (Å²) in [5.41, 5.74) is 4.52. The molecule has 0 spiro atoms. The number of aryl methyl sites for hydroxylation is 2. The first-order chi connectivity index (χ1) is 14.5. The molecular formula is C25H21NO3S. The Bertz CT molecular complexity index is 1140. The van der Waals surface area contributed by atoms with E-state index in [2.05, 4.69) is 0 Å². The molecule has 4 rings (SSSR count). The van der Waals surface area contributed by atoms with Crippen molar-refractivity contribution in [3.63, 3.8) is 0 Å². The molecule has 0 radical (unpaired) electrons. The SMILES string of the molecule is Cc1ccc(COc2ccccc2/C=C2\SC(=O)N(c3ccccc3C)C2=O)cc1. The highest BCUT2D eigenvalue weighted by atomic mass is 32.2. The van der Waals surface area contributed by atoms with E-state index in [9.17, 15) is 9.59 Å². The molecule has 1 fully saturated rings. The van der Waals surface area contributed by atoms with Crippen LogP contribution in [-0.4, -0.2) is 11.1 Å². The van der Waals surface area contributed by atoms with Gasteiger partial charge in [-0.2, -0.15) is 0 Å². The van der Waals surface area contributed by atoms with Crippen molar-refractivity contribution in [2.45, 2.75) is 20.5 Å². The van der Waals surface area contributed by atoms with Crippen LogP contribution in [0.15, 0.2) is 77.7 Å². The predicted octanol–water partition coefficient (Wildman–Crippen LogP) is 6.12. The zero-order valence-electron chi connectivity index (χ0n) is 16.8. The molecule has 0 saturated carbocycles. The summed E-state index contributed by atoms with van der Waals surface area (Å²) in [7, 11) is 0. The maximum atomic E-state index is 13.0. The third kappa shape index (κ3) is 4.16. The molecule has 150 valence electrons. The average molecular weight is 416 g/mol. The minimum atomic E-state index is -0.312. The van der Waals surface area contributed by atoms with Crippen molar-refractivity contribution in [2.24, 2.45) is 0 Å². The van der Waals surface area contributed by atoms with Gasteiger partial charge >= 0.3 is 0 Å². The second-order valence-corrected chi connectivity index (χ2v) is 8.11. The summed E-state index contributed by atoms with van der Waals surface area (Å²) in [5.74, 6) is 0.355. The first-order valence-electron chi connectivity index (χ1n) is 9.64. The number of para-hydroxylation sites is 2. The molecular weight excluding hydrogens is 394 g/mol. The summed E-state index contributed by atoms with van der Waals surface area (Å²) < 4.78 is 6.00. The molecule has 1 heterocycles. The van der Waals surface area contributed by atoms with Gasteiger partial charge in [-0.15, -0.1) is 0 Å². The fourth-order valence-corrected chi connectivity index (χ4v) is 4.03. The number of carbonyl (C=O) groups excluding carboxylic acids is 2. The maximum Gasteiger partial charge on any atom is 0.298 e. The quantitative estimate of drug-likeness (QED) is 0.471. The van der Waals surface area contributed by atoms with E-state index in [0.29, 0.717) is 22.9 Å². The van der Waals surface area contributed by atoms with Gasteiger partial charge in [0.15, 0.2) is 0 Å². The minimum absolute atomic E-state index is 0.293. The normalized spacial score (nSPS) is 15.1. The Labute approximate surface area is 180 Å². The van der Waals surface area contributed by atoms with Gasteiger partial charge in [-0.25, -0.2) is 4.90 Å². The van der Waals surface area contributed by atoms with E-state index < -0.39 is 0 Å². The number of hydrogen-bond acceptors (Lipinski definition) is 4. The number of anilines is 1. The van der Waals surface area contributed by atoms with Crippen LogP contribution in [0.3, 0.4) is 0 Å². The van der Waals surface area contributed by atoms with E-state index in [-0.39, 0.29) is 11.1 Å². The van der Waals surface area contributed by atoms with Crippen molar-refractivity contribution in [2.75, 3.05) is 4.90 Å². The lowest BCUT2D eigenvalue weighted by Crippen LogP contribution is -2.28. The number of nitrogens with zero attached hydrogens (tertiary/aromatic N) is 1. The van der Waals surface area contributed by atoms with E-state index >= 15 is 0 Å². The van der Waals surface area contributed by atoms with E-state index in [1.807, 2.05) is 80.6 Å². The molecule has 0 bridgehead atoms. The van der Waals surface area contributed by atoms with Gasteiger partial charge in [0.05, 0.1) is 10.6 Å². The fourth-order valence-electron chi connectivity index (χ4n) is 3.21. The van der Waals surface area contributed by atoms with Gasteiger partial charge in [0.25, 0.3) is 11.1 Å². The van der Waals surface area contributed by atoms with Crippen LogP contribution in [0.25, 0.3) is 6.08 Å². The third-order valence-corrected chi connectivity index (χ3v) is 5.74. The van der Waals surface area contributed by atoms with Crippen LogP contribution < -0.4 is 9.64 Å². The fraction of sp³-hybridized carbons (Fsp3) is 0.120. The molecule has 0 N–H and O–H groups in total. The van der Waals surface area contributed by atoms with E-state index in [1.54, 1.807) is 12.1 Å². The number of imide groups is 1.